The van der Waals surface area contributed by atoms with Crippen LogP contribution in [0, 0.1) is 17.2 Å². The van der Waals surface area contributed by atoms with Gasteiger partial charge in [-0.3, -0.25) is 4.79 Å². The lowest BCUT2D eigenvalue weighted by Crippen LogP contribution is -3.11. The number of hydrogen-bond donors (Lipinski definition) is 2. The first-order chi connectivity index (χ1) is 9.96. The molecule has 3 atom stereocenters. The summed E-state index contributed by atoms with van der Waals surface area (Å²) < 4.78 is 0. The van der Waals surface area contributed by atoms with E-state index >= 15 is 0 Å². The number of carbonyl (C=O) groups is 1. The Morgan fingerprint density at radius 3 is 3.00 bits per heavy atom. The van der Waals surface area contributed by atoms with Crippen molar-refractivity contribution in [3.05, 3.63) is 22.4 Å². The maximum absolute atomic E-state index is 12.3. The van der Waals surface area contributed by atoms with Crippen molar-refractivity contribution in [2.45, 2.75) is 45.2 Å². The minimum atomic E-state index is -0.783. The molecular formula is C16H24N3OS+. The number of hydrogen-bond acceptors (Lipinski definition) is 3. The molecule has 0 aliphatic carbocycles. The van der Waals surface area contributed by atoms with Gasteiger partial charge in [-0.2, -0.15) is 5.26 Å². The van der Waals surface area contributed by atoms with Gasteiger partial charge in [0.25, 0.3) is 5.91 Å². The van der Waals surface area contributed by atoms with E-state index in [1.165, 1.54) is 9.78 Å². The van der Waals surface area contributed by atoms with Crippen LogP contribution in [-0.4, -0.2) is 24.5 Å². The molecule has 1 fully saturated rings. The molecule has 4 nitrogen and oxygen atoms in total. The lowest BCUT2D eigenvalue weighted by molar-refractivity contribution is -0.910. The van der Waals surface area contributed by atoms with Gasteiger partial charge in [-0.25, -0.2) is 0 Å². The maximum atomic E-state index is 12.3. The fourth-order valence-corrected chi connectivity index (χ4v) is 3.72. The molecule has 1 saturated heterocycles. The number of thiophene rings is 1. The zero-order valence-electron chi connectivity index (χ0n) is 13.0. The number of amides is 1. The maximum Gasteiger partial charge on any atom is 0.276 e. The Morgan fingerprint density at radius 2 is 2.43 bits per heavy atom. The van der Waals surface area contributed by atoms with Crippen molar-refractivity contribution in [3.63, 3.8) is 0 Å². The van der Waals surface area contributed by atoms with E-state index in [-0.39, 0.29) is 11.8 Å². The third kappa shape index (κ3) is 3.63. The van der Waals surface area contributed by atoms with Gasteiger partial charge >= 0.3 is 0 Å². The molecule has 1 unspecified atom stereocenters. The Labute approximate surface area is 130 Å². The Morgan fingerprint density at radius 1 is 1.67 bits per heavy atom. The van der Waals surface area contributed by atoms with Crippen LogP contribution in [0.15, 0.2) is 17.5 Å². The van der Waals surface area contributed by atoms with E-state index in [0.29, 0.717) is 12.6 Å². The molecule has 0 saturated carbocycles. The van der Waals surface area contributed by atoms with Gasteiger partial charge in [0.15, 0.2) is 6.54 Å². The van der Waals surface area contributed by atoms with E-state index in [4.69, 9.17) is 0 Å². The molecule has 5 heteroatoms. The van der Waals surface area contributed by atoms with Crippen molar-refractivity contribution in [2.75, 3.05) is 13.1 Å². The molecule has 2 N–H and O–H groups in total. The average molecular weight is 306 g/mol. The van der Waals surface area contributed by atoms with Gasteiger partial charge in [-0.1, -0.05) is 19.9 Å². The summed E-state index contributed by atoms with van der Waals surface area (Å²) in [4.78, 5) is 15.0. The van der Waals surface area contributed by atoms with Crippen LogP contribution in [0.4, 0.5) is 0 Å². The molecule has 0 radical (unpaired) electrons. The predicted molar refractivity (Wildman–Crippen MR) is 84.0 cm³/mol. The van der Waals surface area contributed by atoms with Crippen LogP contribution in [0.1, 0.15) is 44.5 Å². The van der Waals surface area contributed by atoms with Crippen molar-refractivity contribution >= 4 is 17.2 Å². The van der Waals surface area contributed by atoms with Gasteiger partial charge in [0.05, 0.1) is 17.5 Å². The summed E-state index contributed by atoms with van der Waals surface area (Å²) in [5.41, 5.74) is -0.783. The highest BCUT2D eigenvalue weighted by Crippen LogP contribution is 2.23. The van der Waals surface area contributed by atoms with Gasteiger partial charge in [0.2, 0.25) is 0 Å². The Balaban J connectivity index is 1.98. The second kappa shape index (κ2) is 6.59. The summed E-state index contributed by atoms with van der Waals surface area (Å²) in [6, 6.07) is 6.90. The number of carbonyl (C=O) groups excluding carboxylic acids is 1. The summed E-state index contributed by atoms with van der Waals surface area (Å²) in [6.07, 6.45) is 2.30. The van der Waals surface area contributed by atoms with E-state index in [9.17, 15) is 10.1 Å². The summed E-state index contributed by atoms with van der Waals surface area (Å²) in [5, 5.41) is 14.3. The average Bonchev–Trinajstić information content (AvgIpc) is 3.08. The third-order valence-corrected chi connectivity index (χ3v) is 5.53. The second-order valence-electron chi connectivity index (χ2n) is 6.31. The van der Waals surface area contributed by atoms with Gasteiger partial charge in [0, 0.05) is 12.8 Å². The SMILES string of the molecule is CC(C)[C@](C)(C#N)NC(=O)C[NH+]1CCC[C@@H]1c1cccs1. The first-order valence-corrected chi connectivity index (χ1v) is 8.44. The van der Waals surface area contributed by atoms with E-state index in [0.717, 1.165) is 19.4 Å². The largest absolute Gasteiger partial charge is 0.333 e. The fraction of sp³-hybridized carbons (Fsp3) is 0.625. The highest BCUT2D eigenvalue weighted by atomic mass is 32.1. The van der Waals surface area contributed by atoms with Gasteiger partial charge < -0.3 is 10.2 Å². The molecular weight excluding hydrogens is 282 g/mol. The first kappa shape index (κ1) is 16.0. The first-order valence-electron chi connectivity index (χ1n) is 7.56. The number of rotatable bonds is 5. The highest BCUT2D eigenvalue weighted by Gasteiger charge is 2.35. The van der Waals surface area contributed by atoms with Gasteiger partial charge in [-0.15, -0.1) is 11.3 Å². The van der Waals surface area contributed by atoms with Crippen LogP contribution in [0.3, 0.4) is 0 Å². The van der Waals surface area contributed by atoms with Crippen LogP contribution in [0.2, 0.25) is 0 Å². The molecule has 1 aliphatic rings. The number of nitrogens with one attached hydrogen (secondary N) is 2. The number of nitrogens with zero attached hydrogens (tertiary/aromatic N) is 1. The summed E-state index contributed by atoms with van der Waals surface area (Å²) in [5.74, 6) is 0.0688. The molecule has 2 rings (SSSR count). The molecule has 0 spiro atoms. The lowest BCUT2D eigenvalue weighted by atomic mass is 9.90. The third-order valence-electron chi connectivity index (χ3n) is 4.54. The normalized spacial score (nSPS) is 24.5. The number of quaternary nitrogens is 1. The van der Waals surface area contributed by atoms with Crippen LogP contribution in [-0.2, 0) is 4.79 Å². The quantitative estimate of drug-likeness (QED) is 0.866. The number of nitriles is 1. The monoisotopic (exact) mass is 306 g/mol. The Bertz CT molecular complexity index is 520. The summed E-state index contributed by atoms with van der Waals surface area (Å²) in [6.45, 7) is 7.19. The highest BCUT2D eigenvalue weighted by molar-refractivity contribution is 7.10. The van der Waals surface area contributed by atoms with E-state index < -0.39 is 5.54 Å². The molecule has 0 aromatic carbocycles. The van der Waals surface area contributed by atoms with Gasteiger partial charge in [0.1, 0.15) is 11.6 Å². The molecule has 1 aliphatic heterocycles. The van der Waals surface area contributed by atoms with Crippen molar-refractivity contribution < 1.29 is 9.69 Å². The number of likely N-dealkylation sites (tertiary alicyclic amines) is 1. The summed E-state index contributed by atoms with van der Waals surface area (Å²) in [7, 11) is 0. The molecule has 0 bridgehead atoms. The van der Waals surface area contributed by atoms with E-state index in [1.807, 2.05) is 13.8 Å². The van der Waals surface area contributed by atoms with Crippen molar-refractivity contribution in [1.29, 1.82) is 5.26 Å². The zero-order chi connectivity index (χ0) is 15.5. The molecule has 21 heavy (non-hydrogen) atoms. The molecule has 114 valence electrons. The second-order valence-corrected chi connectivity index (χ2v) is 7.29. The standard InChI is InChI=1S/C16H23N3OS/c1-12(2)16(3,11-17)18-15(20)10-19-8-4-6-13(19)14-7-5-9-21-14/h5,7,9,12-13H,4,6,8,10H2,1-3H3,(H,18,20)/p+1/t13-,16+/m1/s1. The Kier molecular flexibility index (Phi) is 5.02. The molecule has 1 aromatic rings. The molecule has 1 amide bonds. The minimum absolute atomic E-state index is 0.0220. The zero-order valence-corrected chi connectivity index (χ0v) is 13.8. The van der Waals surface area contributed by atoms with Gasteiger partial charge in [-0.05, 0) is 24.3 Å². The van der Waals surface area contributed by atoms with E-state index in [1.54, 1.807) is 18.3 Å². The van der Waals surface area contributed by atoms with Crippen LogP contribution >= 0.6 is 11.3 Å². The molecule has 1 aromatic heterocycles. The van der Waals surface area contributed by atoms with Crippen molar-refractivity contribution in [2.24, 2.45) is 5.92 Å². The van der Waals surface area contributed by atoms with Crippen molar-refractivity contribution in [1.82, 2.24) is 5.32 Å². The molecule has 2 heterocycles. The van der Waals surface area contributed by atoms with Crippen LogP contribution in [0.25, 0.3) is 0 Å². The topological polar surface area (TPSA) is 57.3 Å². The lowest BCUT2D eigenvalue weighted by Gasteiger charge is -2.28. The van der Waals surface area contributed by atoms with E-state index in [2.05, 4.69) is 28.9 Å². The van der Waals surface area contributed by atoms with Crippen LogP contribution in [0.5, 0.6) is 0 Å². The summed E-state index contributed by atoms with van der Waals surface area (Å²) >= 11 is 1.77. The van der Waals surface area contributed by atoms with Crippen LogP contribution < -0.4 is 10.2 Å². The fourth-order valence-electron chi connectivity index (χ4n) is 2.80. The predicted octanol–water partition coefficient (Wildman–Crippen LogP) is 1.52. The van der Waals surface area contributed by atoms with Crippen molar-refractivity contribution in [3.8, 4) is 6.07 Å². The minimum Gasteiger partial charge on any atom is -0.333 e. The Hall–Kier alpha value is -1.38. The smallest absolute Gasteiger partial charge is 0.276 e.